The lowest BCUT2D eigenvalue weighted by atomic mass is 10.2. The highest BCUT2D eigenvalue weighted by Gasteiger charge is 2.13. The van der Waals surface area contributed by atoms with Crippen LogP contribution >= 0.6 is 0 Å². The fourth-order valence-electron chi connectivity index (χ4n) is 2.52. The molecule has 140 valence electrons. The molecule has 1 N–H and O–H groups in total. The van der Waals surface area contributed by atoms with Crippen molar-refractivity contribution in [3.05, 3.63) is 64.5 Å². The number of anilines is 1. The zero-order chi connectivity index (χ0) is 19.5. The van der Waals surface area contributed by atoms with Crippen LogP contribution in [-0.2, 0) is 11.3 Å². The Labute approximate surface area is 157 Å². The van der Waals surface area contributed by atoms with E-state index in [1.54, 1.807) is 29.4 Å². The summed E-state index contributed by atoms with van der Waals surface area (Å²) in [4.78, 5) is 28.4. The minimum Gasteiger partial charge on any atom is -0.385 e. The van der Waals surface area contributed by atoms with E-state index in [1.165, 1.54) is 12.1 Å². The van der Waals surface area contributed by atoms with Gasteiger partial charge in [0.25, 0.3) is 5.69 Å². The van der Waals surface area contributed by atoms with Crippen LogP contribution in [0.2, 0.25) is 0 Å². The second-order valence-corrected chi connectivity index (χ2v) is 5.92. The molecular weight excluding hydrogens is 346 g/mol. The van der Waals surface area contributed by atoms with Crippen LogP contribution in [0.5, 0.6) is 0 Å². The Bertz CT molecular complexity index is 787. The molecular formula is C19H21N5O3. The van der Waals surface area contributed by atoms with Crippen molar-refractivity contribution in [2.75, 3.05) is 18.4 Å². The number of carbonyl (C=O) groups is 1. The Kier molecular flexibility index (Phi) is 7.72. The molecule has 1 amide bonds. The van der Waals surface area contributed by atoms with E-state index in [0.29, 0.717) is 32.5 Å². The molecule has 0 fully saturated rings. The van der Waals surface area contributed by atoms with E-state index in [4.69, 9.17) is 5.26 Å². The topological polar surface area (TPSA) is 112 Å². The molecule has 27 heavy (non-hydrogen) atoms. The molecule has 2 rings (SSSR count). The molecule has 8 nitrogen and oxygen atoms in total. The summed E-state index contributed by atoms with van der Waals surface area (Å²) < 4.78 is 0. The van der Waals surface area contributed by atoms with Gasteiger partial charge < -0.3 is 10.2 Å². The number of non-ortho nitro benzene ring substituents is 1. The highest BCUT2D eigenvalue weighted by Crippen LogP contribution is 2.15. The van der Waals surface area contributed by atoms with Gasteiger partial charge in [-0.1, -0.05) is 6.07 Å². The summed E-state index contributed by atoms with van der Waals surface area (Å²) in [7, 11) is 0. The molecule has 2 aromatic rings. The number of rotatable bonds is 10. The van der Waals surface area contributed by atoms with Crippen molar-refractivity contribution in [1.82, 2.24) is 9.88 Å². The first-order chi connectivity index (χ1) is 13.1. The first-order valence-electron chi connectivity index (χ1n) is 8.62. The van der Waals surface area contributed by atoms with Crippen molar-refractivity contribution in [2.45, 2.75) is 25.8 Å². The molecule has 1 aromatic carbocycles. The van der Waals surface area contributed by atoms with Crippen molar-refractivity contribution >= 4 is 17.3 Å². The maximum atomic E-state index is 12.5. The first kappa shape index (κ1) is 19.8. The largest absolute Gasteiger partial charge is 0.385 e. The van der Waals surface area contributed by atoms with E-state index < -0.39 is 4.92 Å². The highest BCUT2D eigenvalue weighted by atomic mass is 16.6. The lowest BCUT2D eigenvalue weighted by Gasteiger charge is -2.21. The fraction of sp³-hybridized carbons (Fsp3) is 0.316. The summed E-state index contributed by atoms with van der Waals surface area (Å²) in [5.41, 5.74) is 1.73. The minimum absolute atomic E-state index is 0.0143. The zero-order valence-electron chi connectivity index (χ0n) is 14.9. The first-order valence-corrected chi connectivity index (χ1v) is 8.62. The Morgan fingerprint density at radius 2 is 2.07 bits per heavy atom. The van der Waals surface area contributed by atoms with E-state index in [1.807, 2.05) is 12.1 Å². The third-order valence-corrected chi connectivity index (χ3v) is 3.92. The predicted molar refractivity (Wildman–Crippen MR) is 101 cm³/mol. The summed E-state index contributed by atoms with van der Waals surface area (Å²) in [5, 5.41) is 22.6. The van der Waals surface area contributed by atoms with Gasteiger partial charge in [-0.2, -0.15) is 5.26 Å². The smallest absolute Gasteiger partial charge is 0.269 e. The van der Waals surface area contributed by atoms with Crippen molar-refractivity contribution in [2.24, 2.45) is 0 Å². The van der Waals surface area contributed by atoms with Crippen LogP contribution in [0.4, 0.5) is 11.4 Å². The number of nitrogens with one attached hydrogen (secondary N) is 1. The van der Waals surface area contributed by atoms with Crippen LogP contribution in [0.15, 0.2) is 48.8 Å². The molecule has 0 bridgehead atoms. The number of nitro groups is 1. The normalized spacial score (nSPS) is 10.0. The number of hydrogen-bond acceptors (Lipinski definition) is 6. The van der Waals surface area contributed by atoms with Crippen LogP contribution in [-0.4, -0.2) is 33.8 Å². The Balaban J connectivity index is 1.80. The molecule has 0 aliphatic carbocycles. The van der Waals surface area contributed by atoms with Gasteiger partial charge in [0, 0.05) is 56.3 Å². The third-order valence-electron chi connectivity index (χ3n) is 3.92. The molecule has 0 unspecified atom stereocenters. The summed E-state index contributed by atoms with van der Waals surface area (Å²) in [6.07, 6.45) is 4.64. The van der Waals surface area contributed by atoms with Gasteiger partial charge in [0.2, 0.25) is 5.91 Å². The number of amides is 1. The van der Waals surface area contributed by atoms with Gasteiger partial charge in [0.1, 0.15) is 0 Å². The van der Waals surface area contributed by atoms with Gasteiger partial charge in [0.15, 0.2) is 0 Å². The number of aromatic nitrogens is 1. The Morgan fingerprint density at radius 3 is 2.70 bits per heavy atom. The van der Waals surface area contributed by atoms with Crippen LogP contribution in [0.1, 0.15) is 24.8 Å². The van der Waals surface area contributed by atoms with Gasteiger partial charge in [-0.15, -0.1) is 0 Å². The van der Waals surface area contributed by atoms with E-state index in [-0.39, 0.29) is 18.0 Å². The second-order valence-electron chi connectivity index (χ2n) is 5.92. The molecule has 0 spiro atoms. The number of carbonyl (C=O) groups excluding carboxylic acids is 1. The van der Waals surface area contributed by atoms with Gasteiger partial charge in [0.05, 0.1) is 17.4 Å². The number of nitrogens with zero attached hydrogens (tertiary/aromatic N) is 4. The molecule has 0 radical (unpaired) electrons. The average molecular weight is 367 g/mol. The molecule has 0 aliphatic rings. The standard InChI is InChI=1S/C19H21N5O3/c20-10-3-13-23(15-16-4-1-11-21-14-16)19(25)5-2-12-22-17-6-8-18(9-7-17)24(26)27/h1,4,6-9,11,14,22H,2-3,5,12-13,15H2. The Hall–Kier alpha value is -3.47. The fourth-order valence-corrected chi connectivity index (χ4v) is 2.52. The molecule has 0 saturated heterocycles. The Morgan fingerprint density at radius 1 is 1.30 bits per heavy atom. The summed E-state index contributed by atoms with van der Waals surface area (Å²) >= 11 is 0. The minimum atomic E-state index is -0.444. The van der Waals surface area contributed by atoms with Crippen LogP contribution in [0, 0.1) is 21.4 Å². The molecule has 0 aliphatic heterocycles. The molecule has 1 aromatic heterocycles. The van der Waals surface area contributed by atoms with E-state index >= 15 is 0 Å². The lowest BCUT2D eigenvalue weighted by Crippen LogP contribution is -2.31. The van der Waals surface area contributed by atoms with E-state index in [0.717, 1.165) is 11.3 Å². The number of nitriles is 1. The van der Waals surface area contributed by atoms with E-state index in [2.05, 4.69) is 16.4 Å². The van der Waals surface area contributed by atoms with Crippen LogP contribution in [0.3, 0.4) is 0 Å². The number of benzene rings is 1. The lowest BCUT2D eigenvalue weighted by molar-refractivity contribution is -0.384. The molecule has 8 heteroatoms. The van der Waals surface area contributed by atoms with Crippen LogP contribution < -0.4 is 5.32 Å². The summed E-state index contributed by atoms with van der Waals surface area (Å²) in [6.45, 7) is 1.40. The molecule has 0 atom stereocenters. The van der Waals surface area contributed by atoms with Crippen molar-refractivity contribution in [3.63, 3.8) is 0 Å². The summed E-state index contributed by atoms with van der Waals surface area (Å²) in [5.74, 6) is -0.0143. The van der Waals surface area contributed by atoms with Crippen molar-refractivity contribution < 1.29 is 9.72 Å². The number of pyridine rings is 1. The van der Waals surface area contributed by atoms with Gasteiger partial charge in [-0.25, -0.2) is 0 Å². The molecule has 1 heterocycles. The molecule has 0 saturated carbocycles. The maximum absolute atomic E-state index is 12.5. The van der Waals surface area contributed by atoms with Crippen LogP contribution in [0.25, 0.3) is 0 Å². The average Bonchev–Trinajstić information content (AvgIpc) is 2.69. The van der Waals surface area contributed by atoms with Gasteiger partial charge in [-0.05, 0) is 30.2 Å². The predicted octanol–water partition coefficient (Wildman–Crippen LogP) is 3.12. The third kappa shape index (κ3) is 6.74. The van der Waals surface area contributed by atoms with Crippen molar-refractivity contribution in [3.8, 4) is 6.07 Å². The van der Waals surface area contributed by atoms with Crippen molar-refractivity contribution in [1.29, 1.82) is 5.26 Å². The number of hydrogen-bond donors (Lipinski definition) is 1. The van der Waals surface area contributed by atoms with E-state index in [9.17, 15) is 14.9 Å². The number of nitro benzene ring substituents is 1. The summed E-state index contributed by atoms with van der Waals surface area (Å²) in [6, 6.07) is 11.9. The van der Waals surface area contributed by atoms with Gasteiger partial charge in [-0.3, -0.25) is 19.9 Å². The zero-order valence-corrected chi connectivity index (χ0v) is 14.9. The maximum Gasteiger partial charge on any atom is 0.269 e. The van der Waals surface area contributed by atoms with Gasteiger partial charge >= 0.3 is 0 Å². The quantitative estimate of drug-likeness (QED) is 0.392. The highest BCUT2D eigenvalue weighted by molar-refractivity contribution is 5.76. The monoisotopic (exact) mass is 367 g/mol. The SMILES string of the molecule is N#CCCN(Cc1cccnc1)C(=O)CCCNc1ccc([N+](=O)[O-])cc1. The second kappa shape index (κ2) is 10.5.